The van der Waals surface area contributed by atoms with Crippen molar-refractivity contribution in [1.29, 1.82) is 0 Å². The number of ether oxygens (including phenoxy) is 2. The van der Waals surface area contributed by atoms with E-state index >= 15 is 0 Å². The van der Waals surface area contributed by atoms with Crippen LogP contribution in [0, 0.1) is 0 Å². The smallest absolute Gasteiger partial charge is 0.416 e. The Bertz CT molecular complexity index is 761. The fourth-order valence-corrected chi connectivity index (χ4v) is 2.18. The van der Waals surface area contributed by atoms with Gasteiger partial charge in [-0.25, -0.2) is 4.99 Å². The SMILES string of the molecule is COc1ccc(CN=C(N)Nc2ccccc2OC)c(C(F)(F)F)c1. The van der Waals surface area contributed by atoms with Crippen LogP contribution in [0.3, 0.4) is 0 Å². The first-order valence-corrected chi connectivity index (χ1v) is 7.29. The van der Waals surface area contributed by atoms with Crippen LogP contribution in [0.15, 0.2) is 47.5 Å². The minimum Gasteiger partial charge on any atom is -0.497 e. The Morgan fingerprint density at radius 2 is 1.84 bits per heavy atom. The van der Waals surface area contributed by atoms with Crippen LogP contribution in [0.25, 0.3) is 0 Å². The molecule has 0 heterocycles. The highest BCUT2D eigenvalue weighted by Gasteiger charge is 2.33. The minimum atomic E-state index is -4.51. The topological polar surface area (TPSA) is 68.9 Å². The summed E-state index contributed by atoms with van der Waals surface area (Å²) in [5.41, 5.74) is 5.53. The van der Waals surface area contributed by atoms with Crippen LogP contribution in [0.2, 0.25) is 0 Å². The van der Waals surface area contributed by atoms with Gasteiger partial charge in [-0.1, -0.05) is 18.2 Å². The van der Waals surface area contributed by atoms with Crippen molar-refractivity contribution in [2.75, 3.05) is 19.5 Å². The van der Waals surface area contributed by atoms with Gasteiger partial charge in [0.2, 0.25) is 0 Å². The zero-order chi connectivity index (χ0) is 18.4. The van der Waals surface area contributed by atoms with E-state index in [1.807, 2.05) is 0 Å². The normalized spacial score (nSPS) is 12.0. The summed E-state index contributed by atoms with van der Waals surface area (Å²) in [4.78, 5) is 3.98. The Kier molecular flexibility index (Phi) is 5.74. The largest absolute Gasteiger partial charge is 0.497 e. The number of guanidine groups is 1. The van der Waals surface area contributed by atoms with E-state index in [9.17, 15) is 13.2 Å². The molecule has 3 N–H and O–H groups in total. The number of halogens is 3. The van der Waals surface area contributed by atoms with Gasteiger partial charge in [-0.05, 0) is 29.8 Å². The van der Waals surface area contributed by atoms with Gasteiger partial charge in [0, 0.05) is 0 Å². The zero-order valence-corrected chi connectivity index (χ0v) is 13.7. The van der Waals surface area contributed by atoms with E-state index in [1.54, 1.807) is 24.3 Å². The van der Waals surface area contributed by atoms with Gasteiger partial charge in [-0.2, -0.15) is 13.2 Å². The summed E-state index contributed by atoms with van der Waals surface area (Å²) in [6.07, 6.45) is -4.51. The molecule has 8 heteroatoms. The molecule has 0 bridgehead atoms. The lowest BCUT2D eigenvalue weighted by molar-refractivity contribution is -0.138. The molecule has 0 atom stereocenters. The predicted molar refractivity (Wildman–Crippen MR) is 89.9 cm³/mol. The Morgan fingerprint density at radius 1 is 1.12 bits per heavy atom. The molecule has 0 aromatic heterocycles. The third-order valence-corrected chi connectivity index (χ3v) is 3.41. The van der Waals surface area contributed by atoms with Crippen LogP contribution >= 0.6 is 0 Å². The molecule has 2 aromatic carbocycles. The molecule has 0 saturated heterocycles. The predicted octanol–water partition coefficient (Wildman–Crippen LogP) is 3.65. The number of hydrogen-bond donors (Lipinski definition) is 2. The lowest BCUT2D eigenvalue weighted by atomic mass is 10.1. The van der Waals surface area contributed by atoms with Crippen LogP contribution in [-0.2, 0) is 12.7 Å². The van der Waals surface area contributed by atoms with Gasteiger partial charge in [0.15, 0.2) is 5.96 Å². The number of anilines is 1. The quantitative estimate of drug-likeness (QED) is 0.636. The maximum absolute atomic E-state index is 13.2. The second-order valence-electron chi connectivity index (χ2n) is 5.05. The summed E-state index contributed by atoms with van der Waals surface area (Å²) in [5.74, 6) is 0.648. The summed E-state index contributed by atoms with van der Waals surface area (Å²) in [6.45, 7) is -0.229. The Labute approximate surface area is 143 Å². The van der Waals surface area contributed by atoms with Crippen LogP contribution in [-0.4, -0.2) is 20.2 Å². The van der Waals surface area contributed by atoms with E-state index in [-0.39, 0.29) is 23.8 Å². The zero-order valence-electron chi connectivity index (χ0n) is 13.7. The van der Waals surface area contributed by atoms with Crippen molar-refractivity contribution in [2.45, 2.75) is 12.7 Å². The molecule has 2 aromatic rings. The van der Waals surface area contributed by atoms with Crippen LogP contribution in [0.5, 0.6) is 11.5 Å². The standard InChI is InChI=1S/C17H18F3N3O2/c1-24-12-8-7-11(13(9-12)17(18,19)20)10-22-16(21)23-14-5-3-4-6-15(14)25-2/h3-9H,10H2,1-2H3,(H3,21,22,23). The molecule has 0 amide bonds. The van der Waals surface area contributed by atoms with Gasteiger partial charge < -0.3 is 20.5 Å². The summed E-state index contributed by atoms with van der Waals surface area (Å²) in [5, 5.41) is 2.81. The van der Waals surface area contributed by atoms with Gasteiger partial charge in [0.1, 0.15) is 11.5 Å². The summed E-state index contributed by atoms with van der Waals surface area (Å²) >= 11 is 0. The molecule has 0 aliphatic rings. The van der Waals surface area contributed by atoms with Gasteiger partial charge in [-0.3, -0.25) is 0 Å². The number of hydrogen-bond acceptors (Lipinski definition) is 3. The number of nitrogens with one attached hydrogen (secondary N) is 1. The average Bonchev–Trinajstić information content (AvgIpc) is 2.59. The van der Waals surface area contributed by atoms with Crippen LogP contribution in [0.1, 0.15) is 11.1 Å². The highest BCUT2D eigenvalue weighted by Crippen LogP contribution is 2.34. The molecular weight excluding hydrogens is 335 g/mol. The second kappa shape index (κ2) is 7.78. The molecule has 2 rings (SSSR count). The molecular formula is C17H18F3N3O2. The summed E-state index contributed by atoms with van der Waals surface area (Å²) in [6, 6.07) is 10.7. The van der Waals surface area contributed by atoms with E-state index in [0.717, 1.165) is 6.07 Å². The fraction of sp³-hybridized carbons (Fsp3) is 0.235. The Hall–Kier alpha value is -2.90. The Morgan fingerprint density at radius 3 is 2.48 bits per heavy atom. The lowest BCUT2D eigenvalue weighted by Gasteiger charge is -2.14. The van der Waals surface area contributed by atoms with Crippen molar-refractivity contribution in [3.8, 4) is 11.5 Å². The number of alkyl halides is 3. The minimum absolute atomic E-state index is 0.00178. The van der Waals surface area contributed by atoms with Crippen LogP contribution in [0.4, 0.5) is 18.9 Å². The summed E-state index contributed by atoms with van der Waals surface area (Å²) in [7, 11) is 2.81. The molecule has 0 spiro atoms. The van der Waals surface area contributed by atoms with Crippen LogP contribution < -0.4 is 20.5 Å². The molecule has 0 aliphatic carbocycles. The number of nitrogens with zero attached hydrogens (tertiary/aromatic N) is 1. The van der Waals surface area contributed by atoms with E-state index in [4.69, 9.17) is 15.2 Å². The Balaban J connectivity index is 2.20. The van der Waals surface area contributed by atoms with Gasteiger partial charge in [-0.15, -0.1) is 0 Å². The molecule has 0 fully saturated rings. The van der Waals surface area contributed by atoms with Crippen molar-refractivity contribution >= 4 is 11.6 Å². The first-order chi connectivity index (χ1) is 11.8. The first kappa shape index (κ1) is 18.4. The van der Waals surface area contributed by atoms with Crippen molar-refractivity contribution in [2.24, 2.45) is 10.7 Å². The fourth-order valence-electron chi connectivity index (χ4n) is 2.18. The van der Waals surface area contributed by atoms with Crippen molar-refractivity contribution in [3.05, 3.63) is 53.6 Å². The molecule has 0 radical (unpaired) electrons. The third-order valence-electron chi connectivity index (χ3n) is 3.41. The average molecular weight is 353 g/mol. The first-order valence-electron chi connectivity index (χ1n) is 7.29. The van der Waals surface area contributed by atoms with Gasteiger partial charge in [0.05, 0.1) is 32.0 Å². The lowest BCUT2D eigenvalue weighted by Crippen LogP contribution is -2.23. The molecule has 0 saturated carbocycles. The van der Waals surface area contributed by atoms with Crippen molar-refractivity contribution < 1.29 is 22.6 Å². The maximum atomic E-state index is 13.2. The number of aliphatic imine (C=N–C) groups is 1. The van der Waals surface area contributed by atoms with Gasteiger partial charge in [0.25, 0.3) is 0 Å². The van der Waals surface area contributed by atoms with E-state index in [1.165, 1.54) is 26.4 Å². The van der Waals surface area contributed by atoms with E-state index in [2.05, 4.69) is 10.3 Å². The molecule has 134 valence electrons. The number of methoxy groups -OCH3 is 2. The van der Waals surface area contributed by atoms with E-state index in [0.29, 0.717) is 11.4 Å². The molecule has 5 nitrogen and oxygen atoms in total. The molecule has 0 unspecified atom stereocenters. The second-order valence-corrected chi connectivity index (χ2v) is 5.05. The van der Waals surface area contributed by atoms with Crippen molar-refractivity contribution in [3.63, 3.8) is 0 Å². The maximum Gasteiger partial charge on any atom is 0.416 e. The number of para-hydroxylation sites is 2. The third kappa shape index (κ3) is 4.79. The van der Waals surface area contributed by atoms with Gasteiger partial charge >= 0.3 is 6.18 Å². The molecule has 0 aliphatic heterocycles. The van der Waals surface area contributed by atoms with Crippen molar-refractivity contribution in [1.82, 2.24) is 0 Å². The summed E-state index contributed by atoms with van der Waals surface area (Å²) < 4.78 is 49.5. The number of benzene rings is 2. The highest BCUT2D eigenvalue weighted by molar-refractivity contribution is 5.93. The monoisotopic (exact) mass is 353 g/mol. The number of rotatable bonds is 5. The van der Waals surface area contributed by atoms with E-state index < -0.39 is 11.7 Å². The number of nitrogens with two attached hydrogens (primary N) is 1. The highest BCUT2D eigenvalue weighted by atomic mass is 19.4. The molecule has 25 heavy (non-hydrogen) atoms.